The van der Waals surface area contributed by atoms with Gasteiger partial charge in [-0.05, 0) is 13.8 Å². The van der Waals surface area contributed by atoms with Crippen LogP contribution in [0.1, 0.15) is 25.0 Å². The van der Waals surface area contributed by atoms with Crippen LogP contribution in [-0.2, 0) is 27.0 Å². The third-order valence-corrected chi connectivity index (χ3v) is 6.91. The first kappa shape index (κ1) is 19.1. The molecule has 1 unspecified atom stereocenters. The van der Waals surface area contributed by atoms with E-state index in [0.29, 0.717) is 0 Å². The van der Waals surface area contributed by atoms with Gasteiger partial charge in [0.25, 0.3) is 0 Å². The van der Waals surface area contributed by atoms with Crippen molar-refractivity contribution in [3.8, 4) is 0 Å². The molecule has 134 valence electrons. The molecule has 0 radical (unpaired) electrons. The minimum Gasteiger partial charge on any atom is -0.391 e. The maximum atomic E-state index is 13.9. The van der Waals surface area contributed by atoms with Gasteiger partial charge < -0.3 is 9.94 Å². The van der Waals surface area contributed by atoms with Gasteiger partial charge in [0, 0.05) is 5.56 Å². The standard InChI is InChI=1S/C13H12BrF4NO4S/c1-13(2)11(14)12(19-23-13)24(21,22)4-6-9(17)7(15)5(3-20)8(16)10(6)18/h11,20H,3-4H2,1-2H3. The lowest BCUT2D eigenvalue weighted by atomic mass is 10.1. The van der Waals surface area contributed by atoms with Crippen LogP contribution < -0.4 is 0 Å². The van der Waals surface area contributed by atoms with E-state index in [1.165, 1.54) is 13.8 Å². The number of sulfone groups is 1. The molecule has 11 heteroatoms. The third kappa shape index (κ3) is 3.04. The summed E-state index contributed by atoms with van der Waals surface area (Å²) in [5, 5.41) is 11.6. The van der Waals surface area contributed by atoms with Crippen LogP contribution in [0.2, 0.25) is 0 Å². The molecule has 0 aliphatic carbocycles. The molecule has 5 nitrogen and oxygen atoms in total. The molecule has 1 aromatic rings. The molecule has 24 heavy (non-hydrogen) atoms. The minimum absolute atomic E-state index is 0.543. The smallest absolute Gasteiger partial charge is 0.200 e. The van der Waals surface area contributed by atoms with E-state index >= 15 is 0 Å². The summed E-state index contributed by atoms with van der Waals surface area (Å²) in [6.07, 6.45) is 0. The van der Waals surface area contributed by atoms with Crippen molar-refractivity contribution in [2.45, 2.75) is 36.6 Å². The number of aliphatic hydroxyl groups excluding tert-OH is 1. The van der Waals surface area contributed by atoms with Crippen LogP contribution in [0.25, 0.3) is 0 Å². The number of hydrogen-bond acceptors (Lipinski definition) is 5. The summed E-state index contributed by atoms with van der Waals surface area (Å²) in [5.41, 5.74) is -3.56. The van der Waals surface area contributed by atoms with Gasteiger partial charge in [0.05, 0.1) is 17.9 Å². The van der Waals surface area contributed by atoms with Crippen LogP contribution >= 0.6 is 15.9 Å². The number of hydrogen-bond donors (Lipinski definition) is 1. The number of alkyl halides is 1. The van der Waals surface area contributed by atoms with Crippen molar-refractivity contribution >= 4 is 30.8 Å². The summed E-state index contributed by atoms with van der Waals surface area (Å²) >= 11 is 3.06. The first-order valence-electron chi connectivity index (χ1n) is 6.51. The highest BCUT2D eigenvalue weighted by Crippen LogP contribution is 2.33. The quantitative estimate of drug-likeness (QED) is 0.451. The van der Waals surface area contributed by atoms with Gasteiger partial charge in [-0.2, -0.15) is 0 Å². The molecule has 1 aromatic carbocycles. The number of rotatable bonds is 3. The lowest BCUT2D eigenvalue weighted by Gasteiger charge is -2.19. The van der Waals surface area contributed by atoms with Gasteiger partial charge in [0.2, 0.25) is 9.84 Å². The molecular weight excluding hydrogens is 422 g/mol. The fourth-order valence-corrected chi connectivity index (χ4v) is 4.57. The topological polar surface area (TPSA) is 76.0 Å². The molecule has 1 aliphatic rings. The molecular formula is C13H12BrF4NO4S. The average molecular weight is 434 g/mol. The van der Waals surface area contributed by atoms with E-state index in [0.717, 1.165) is 0 Å². The zero-order valence-electron chi connectivity index (χ0n) is 12.4. The van der Waals surface area contributed by atoms with E-state index in [9.17, 15) is 26.0 Å². The summed E-state index contributed by atoms with van der Waals surface area (Å²) in [6.45, 7) is 1.76. The molecule has 1 N–H and O–H groups in total. The van der Waals surface area contributed by atoms with Crippen molar-refractivity contribution in [2.75, 3.05) is 0 Å². The van der Waals surface area contributed by atoms with E-state index in [1.807, 2.05) is 0 Å². The van der Waals surface area contributed by atoms with Gasteiger partial charge in [-0.15, -0.1) is 0 Å². The Morgan fingerprint density at radius 3 is 1.96 bits per heavy atom. The van der Waals surface area contributed by atoms with Crippen LogP contribution in [0.4, 0.5) is 17.6 Å². The first-order chi connectivity index (χ1) is 10.9. The predicted molar refractivity (Wildman–Crippen MR) is 80.1 cm³/mol. The van der Waals surface area contributed by atoms with Crippen molar-refractivity contribution < 1.29 is 35.9 Å². The Kier molecular flexibility index (Phi) is 4.99. The first-order valence-corrected chi connectivity index (χ1v) is 9.08. The molecule has 0 aromatic heterocycles. The second kappa shape index (κ2) is 6.26. The fraction of sp³-hybridized carbons (Fsp3) is 0.462. The van der Waals surface area contributed by atoms with E-state index in [2.05, 4.69) is 21.1 Å². The van der Waals surface area contributed by atoms with E-state index < -0.39 is 72.1 Å². The summed E-state index contributed by atoms with van der Waals surface area (Å²) in [4.78, 5) is 4.02. The van der Waals surface area contributed by atoms with Gasteiger partial charge in [-0.25, -0.2) is 26.0 Å². The molecule has 1 atom stereocenters. The monoisotopic (exact) mass is 433 g/mol. The maximum absolute atomic E-state index is 13.9. The van der Waals surface area contributed by atoms with Gasteiger partial charge in [-0.1, -0.05) is 21.1 Å². The summed E-state index contributed by atoms with van der Waals surface area (Å²) in [5.74, 6) is -8.81. The summed E-state index contributed by atoms with van der Waals surface area (Å²) < 4.78 is 79.8. The van der Waals surface area contributed by atoms with Crippen LogP contribution in [0.5, 0.6) is 0 Å². The zero-order chi connectivity index (χ0) is 18.4. The third-order valence-electron chi connectivity index (χ3n) is 3.45. The van der Waals surface area contributed by atoms with Gasteiger partial charge in [0.1, 0.15) is 4.83 Å². The molecule has 0 saturated heterocycles. The molecule has 1 heterocycles. The largest absolute Gasteiger partial charge is 0.391 e. The lowest BCUT2D eigenvalue weighted by molar-refractivity contribution is 0.0164. The highest BCUT2D eigenvalue weighted by atomic mass is 79.9. The lowest BCUT2D eigenvalue weighted by Crippen LogP contribution is -2.36. The molecule has 0 spiro atoms. The number of aliphatic hydroxyl groups is 1. The predicted octanol–water partition coefficient (Wildman–Crippen LogP) is 2.54. The number of benzene rings is 1. The Hall–Kier alpha value is -1.20. The Morgan fingerprint density at radius 2 is 1.58 bits per heavy atom. The molecule has 1 aliphatic heterocycles. The normalized spacial score (nSPS) is 20.0. The SMILES string of the molecule is CC1(C)ON=C(S(=O)(=O)Cc2c(F)c(F)c(CO)c(F)c2F)C1Br. The maximum Gasteiger partial charge on any atom is 0.200 e. The van der Waals surface area contributed by atoms with Crippen LogP contribution in [0.15, 0.2) is 5.16 Å². The highest BCUT2D eigenvalue weighted by Gasteiger charge is 2.46. The van der Waals surface area contributed by atoms with Crippen molar-refractivity contribution in [3.63, 3.8) is 0 Å². The molecule has 0 fully saturated rings. The number of oxime groups is 1. The highest BCUT2D eigenvalue weighted by molar-refractivity contribution is 9.10. The fourth-order valence-electron chi connectivity index (χ4n) is 2.02. The van der Waals surface area contributed by atoms with Crippen LogP contribution in [0.3, 0.4) is 0 Å². The summed E-state index contributed by atoms with van der Waals surface area (Å²) in [7, 11) is -4.43. The Balaban J connectivity index is 2.49. The Morgan fingerprint density at radius 1 is 1.12 bits per heavy atom. The molecule has 2 rings (SSSR count). The van der Waals surface area contributed by atoms with Gasteiger partial charge in [0.15, 0.2) is 33.9 Å². The van der Waals surface area contributed by atoms with Crippen molar-refractivity contribution in [1.29, 1.82) is 0 Å². The molecule has 0 bridgehead atoms. The van der Waals surface area contributed by atoms with Crippen molar-refractivity contribution in [1.82, 2.24) is 0 Å². The Labute approximate surface area is 143 Å². The second-order valence-electron chi connectivity index (χ2n) is 5.62. The zero-order valence-corrected chi connectivity index (χ0v) is 14.8. The van der Waals surface area contributed by atoms with E-state index in [4.69, 9.17) is 9.94 Å². The Bertz CT molecular complexity index is 797. The minimum atomic E-state index is -4.43. The van der Waals surface area contributed by atoms with E-state index in [1.54, 1.807) is 0 Å². The van der Waals surface area contributed by atoms with Crippen LogP contribution in [-0.4, -0.2) is 29.0 Å². The van der Waals surface area contributed by atoms with E-state index in [-0.39, 0.29) is 0 Å². The van der Waals surface area contributed by atoms with Crippen molar-refractivity contribution in [3.05, 3.63) is 34.4 Å². The van der Waals surface area contributed by atoms with Crippen molar-refractivity contribution in [2.24, 2.45) is 5.16 Å². The summed E-state index contributed by atoms with van der Waals surface area (Å²) in [6, 6.07) is 0. The average Bonchev–Trinajstić information content (AvgIpc) is 2.77. The van der Waals surface area contributed by atoms with Gasteiger partial charge >= 0.3 is 0 Å². The number of halogens is 5. The number of nitrogens with zero attached hydrogens (tertiary/aromatic N) is 1. The van der Waals surface area contributed by atoms with Gasteiger partial charge in [-0.3, -0.25) is 0 Å². The molecule has 0 saturated carbocycles. The van der Waals surface area contributed by atoms with Crippen LogP contribution in [0, 0.1) is 23.3 Å². The second-order valence-corrected chi connectivity index (χ2v) is 8.47. The molecule has 0 amide bonds.